The third-order valence-corrected chi connectivity index (χ3v) is 6.77. The maximum atomic E-state index is 13.3. The van der Waals surface area contributed by atoms with Crippen LogP contribution in [0.5, 0.6) is 0 Å². The van der Waals surface area contributed by atoms with Gasteiger partial charge in [-0.3, -0.25) is 4.79 Å². The number of aromatic nitrogens is 3. The van der Waals surface area contributed by atoms with Crippen molar-refractivity contribution in [3.63, 3.8) is 0 Å². The van der Waals surface area contributed by atoms with Gasteiger partial charge in [-0.1, -0.05) is 12.8 Å². The van der Waals surface area contributed by atoms with Crippen LogP contribution in [0.3, 0.4) is 0 Å². The van der Waals surface area contributed by atoms with Crippen LogP contribution in [0.15, 0.2) is 11.4 Å². The van der Waals surface area contributed by atoms with Gasteiger partial charge in [0.2, 0.25) is 5.13 Å². The van der Waals surface area contributed by atoms with Crippen LogP contribution < -0.4 is 0 Å². The first-order valence-corrected chi connectivity index (χ1v) is 11.5. The first kappa shape index (κ1) is 19.6. The number of amides is 1. The van der Waals surface area contributed by atoms with Gasteiger partial charge in [0, 0.05) is 30.2 Å². The molecule has 1 atom stereocenters. The molecule has 2 fully saturated rings. The van der Waals surface area contributed by atoms with E-state index in [2.05, 4.69) is 19.9 Å². The van der Waals surface area contributed by atoms with Crippen molar-refractivity contribution in [2.24, 2.45) is 0 Å². The average Bonchev–Trinajstić information content (AvgIpc) is 3.21. The van der Waals surface area contributed by atoms with Gasteiger partial charge in [0.1, 0.15) is 5.69 Å². The summed E-state index contributed by atoms with van der Waals surface area (Å²) in [6.07, 6.45) is 8.69. The van der Waals surface area contributed by atoms with E-state index in [1.54, 1.807) is 0 Å². The summed E-state index contributed by atoms with van der Waals surface area (Å²) >= 11 is 1.49. The first-order valence-electron chi connectivity index (χ1n) is 10.6. The molecule has 0 radical (unpaired) electrons. The van der Waals surface area contributed by atoms with Gasteiger partial charge in [-0.15, -0.1) is 11.3 Å². The summed E-state index contributed by atoms with van der Waals surface area (Å²) in [5.74, 6) is 0.0866. The molecule has 0 N–H and O–H groups in total. The molecule has 2 saturated heterocycles. The van der Waals surface area contributed by atoms with Crippen molar-refractivity contribution < 1.29 is 4.79 Å². The van der Waals surface area contributed by atoms with Gasteiger partial charge in [-0.25, -0.2) is 9.67 Å². The van der Waals surface area contributed by atoms with Gasteiger partial charge >= 0.3 is 0 Å². The summed E-state index contributed by atoms with van der Waals surface area (Å²) in [6.45, 7) is 8.22. The molecular formula is C21H31N5OS. The molecule has 4 heterocycles. The molecule has 7 heteroatoms. The Morgan fingerprint density at radius 2 is 1.86 bits per heavy atom. The van der Waals surface area contributed by atoms with Crippen molar-refractivity contribution in [2.45, 2.75) is 64.8 Å². The van der Waals surface area contributed by atoms with Gasteiger partial charge in [-0.05, 0) is 65.1 Å². The number of likely N-dealkylation sites (tertiary alicyclic amines) is 2. The largest absolute Gasteiger partial charge is 0.333 e. The molecule has 2 aliphatic heterocycles. The predicted molar refractivity (Wildman–Crippen MR) is 112 cm³/mol. The Kier molecular flexibility index (Phi) is 6.11. The van der Waals surface area contributed by atoms with Crippen molar-refractivity contribution in [2.75, 3.05) is 26.2 Å². The molecule has 6 nitrogen and oxygen atoms in total. The van der Waals surface area contributed by atoms with Crippen molar-refractivity contribution >= 4 is 17.2 Å². The third kappa shape index (κ3) is 4.30. The number of nitrogens with zero attached hydrogens (tertiary/aromatic N) is 5. The van der Waals surface area contributed by atoms with Crippen LogP contribution in [0.2, 0.25) is 0 Å². The molecule has 152 valence electrons. The van der Waals surface area contributed by atoms with E-state index in [1.165, 1.54) is 56.5 Å². The van der Waals surface area contributed by atoms with Crippen LogP contribution in [0.1, 0.15) is 66.8 Å². The molecule has 2 aromatic heterocycles. The zero-order valence-corrected chi connectivity index (χ0v) is 17.9. The molecule has 1 unspecified atom stereocenters. The number of hydrogen-bond acceptors (Lipinski definition) is 5. The standard InChI is InChI=1S/C21H31N5OS/c1-16-13-17(2)26(23-16)21-22-19(15-28-21)20(27)25-12-8-5-9-18(25)14-24-10-6-3-4-7-11-24/h13,15,18H,3-12,14H2,1-2H3. The molecular weight excluding hydrogens is 370 g/mol. The molecule has 0 saturated carbocycles. The Morgan fingerprint density at radius 3 is 2.57 bits per heavy atom. The summed E-state index contributed by atoms with van der Waals surface area (Å²) in [4.78, 5) is 22.6. The highest BCUT2D eigenvalue weighted by Crippen LogP contribution is 2.24. The maximum absolute atomic E-state index is 13.3. The lowest BCUT2D eigenvalue weighted by atomic mass is 10.0. The van der Waals surface area contributed by atoms with E-state index in [-0.39, 0.29) is 5.91 Å². The van der Waals surface area contributed by atoms with Crippen LogP contribution >= 0.6 is 11.3 Å². The van der Waals surface area contributed by atoms with E-state index >= 15 is 0 Å². The highest BCUT2D eigenvalue weighted by atomic mass is 32.1. The number of rotatable bonds is 4. The van der Waals surface area contributed by atoms with E-state index in [0.717, 1.165) is 42.5 Å². The normalized spacial score (nSPS) is 21.6. The first-order chi connectivity index (χ1) is 13.6. The van der Waals surface area contributed by atoms with Crippen LogP contribution in [-0.4, -0.2) is 62.7 Å². The van der Waals surface area contributed by atoms with Crippen LogP contribution in [0, 0.1) is 13.8 Å². The molecule has 2 aliphatic rings. The number of thiazole rings is 1. The number of piperidine rings is 1. The van der Waals surface area contributed by atoms with Crippen molar-refractivity contribution in [3.05, 3.63) is 28.5 Å². The molecule has 2 aromatic rings. The van der Waals surface area contributed by atoms with E-state index in [1.807, 2.05) is 30.0 Å². The maximum Gasteiger partial charge on any atom is 0.273 e. The summed E-state index contributed by atoms with van der Waals surface area (Å²) in [5, 5.41) is 7.17. The minimum Gasteiger partial charge on any atom is -0.333 e. The Morgan fingerprint density at radius 1 is 1.11 bits per heavy atom. The summed E-state index contributed by atoms with van der Waals surface area (Å²) in [6, 6.07) is 2.35. The Labute approximate surface area is 171 Å². The summed E-state index contributed by atoms with van der Waals surface area (Å²) in [7, 11) is 0. The SMILES string of the molecule is Cc1cc(C)n(-c2nc(C(=O)N3CCCCC3CN3CCCCCC3)cs2)n1. The van der Waals surface area contributed by atoms with Crippen LogP contribution in [-0.2, 0) is 0 Å². The zero-order valence-electron chi connectivity index (χ0n) is 17.1. The van der Waals surface area contributed by atoms with E-state index in [0.29, 0.717) is 11.7 Å². The number of aryl methyl sites for hydroxylation is 2. The highest BCUT2D eigenvalue weighted by Gasteiger charge is 2.30. The topological polar surface area (TPSA) is 54.3 Å². The van der Waals surface area contributed by atoms with Gasteiger partial charge in [0.05, 0.1) is 5.69 Å². The fourth-order valence-electron chi connectivity index (χ4n) is 4.50. The fourth-order valence-corrected chi connectivity index (χ4v) is 5.31. The lowest BCUT2D eigenvalue weighted by molar-refractivity contribution is 0.0542. The minimum absolute atomic E-state index is 0.0866. The van der Waals surface area contributed by atoms with Crippen molar-refractivity contribution in [3.8, 4) is 5.13 Å². The molecule has 1 amide bonds. The summed E-state index contributed by atoms with van der Waals surface area (Å²) in [5.41, 5.74) is 2.58. The van der Waals surface area contributed by atoms with Crippen molar-refractivity contribution in [1.82, 2.24) is 24.6 Å². The van der Waals surface area contributed by atoms with Gasteiger partial charge in [0.25, 0.3) is 5.91 Å². The lowest BCUT2D eigenvalue weighted by Crippen LogP contribution is -2.49. The highest BCUT2D eigenvalue weighted by molar-refractivity contribution is 7.12. The second-order valence-corrected chi connectivity index (χ2v) is 9.05. The quantitative estimate of drug-likeness (QED) is 0.782. The van der Waals surface area contributed by atoms with Crippen molar-refractivity contribution in [1.29, 1.82) is 0 Å². The predicted octanol–water partition coefficient (Wildman–Crippen LogP) is 3.82. The monoisotopic (exact) mass is 401 g/mol. The van der Waals surface area contributed by atoms with Crippen LogP contribution in [0.25, 0.3) is 5.13 Å². The van der Waals surface area contributed by atoms with Gasteiger partial charge in [-0.2, -0.15) is 5.10 Å². The lowest BCUT2D eigenvalue weighted by Gasteiger charge is -2.38. The number of carbonyl (C=O) groups is 1. The van der Waals surface area contributed by atoms with E-state index < -0.39 is 0 Å². The second-order valence-electron chi connectivity index (χ2n) is 8.22. The third-order valence-electron chi connectivity index (χ3n) is 5.96. The van der Waals surface area contributed by atoms with Gasteiger partial charge in [0.15, 0.2) is 0 Å². The molecule has 0 aliphatic carbocycles. The van der Waals surface area contributed by atoms with E-state index in [9.17, 15) is 4.79 Å². The average molecular weight is 402 g/mol. The smallest absolute Gasteiger partial charge is 0.273 e. The van der Waals surface area contributed by atoms with Crippen LogP contribution in [0.4, 0.5) is 0 Å². The Balaban J connectivity index is 1.48. The molecule has 0 bridgehead atoms. The van der Waals surface area contributed by atoms with E-state index in [4.69, 9.17) is 0 Å². The number of hydrogen-bond donors (Lipinski definition) is 0. The second kappa shape index (κ2) is 8.74. The number of carbonyl (C=O) groups excluding carboxylic acids is 1. The molecule has 0 spiro atoms. The molecule has 28 heavy (non-hydrogen) atoms. The zero-order chi connectivity index (χ0) is 19.5. The summed E-state index contributed by atoms with van der Waals surface area (Å²) < 4.78 is 1.84. The van der Waals surface area contributed by atoms with Gasteiger partial charge < -0.3 is 9.80 Å². The molecule has 4 rings (SSSR count). The Bertz CT molecular complexity index is 806. The fraction of sp³-hybridized carbons (Fsp3) is 0.667. The minimum atomic E-state index is 0.0866. The Hall–Kier alpha value is -1.73. The molecule has 0 aromatic carbocycles.